The molecule has 0 aliphatic rings. The fourth-order valence-electron chi connectivity index (χ4n) is 2.77. The van der Waals surface area contributed by atoms with Gasteiger partial charge < -0.3 is 9.47 Å². The monoisotopic (exact) mass is 499 g/mol. The van der Waals surface area contributed by atoms with E-state index in [1.165, 1.54) is 42.3 Å². The molecule has 0 saturated heterocycles. The van der Waals surface area contributed by atoms with E-state index >= 15 is 0 Å². The highest BCUT2D eigenvalue weighted by Gasteiger charge is 2.20. The highest BCUT2D eigenvalue weighted by molar-refractivity contribution is 8.01. The second-order valence-electron chi connectivity index (χ2n) is 6.73. The van der Waals surface area contributed by atoms with Crippen molar-refractivity contribution in [2.45, 2.75) is 10.9 Å². The van der Waals surface area contributed by atoms with Crippen molar-refractivity contribution in [3.05, 3.63) is 77.9 Å². The van der Waals surface area contributed by atoms with Crippen molar-refractivity contribution in [1.29, 1.82) is 0 Å². The van der Waals surface area contributed by atoms with Gasteiger partial charge in [0.25, 0.3) is 5.91 Å². The molecule has 0 radical (unpaired) electrons. The largest absolute Gasteiger partial charge is 0.493 e. The number of rotatable bonds is 9. The topological polar surface area (TPSA) is 108 Å². The van der Waals surface area contributed by atoms with Gasteiger partial charge >= 0.3 is 5.97 Å². The van der Waals surface area contributed by atoms with Gasteiger partial charge in [-0.05, 0) is 29.8 Å². The van der Waals surface area contributed by atoms with Gasteiger partial charge in [-0.15, -0.1) is 10.2 Å². The van der Waals surface area contributed by atoms with E-state index in [9.17, 15) is 14.0 Å². The molecule has 0 saturated carbocycles. The number of hydrogen-bond donors (Lipinski definition) is 1. The summed E-state index contributed by atoms with van der Waals surface area (Å²) < 4.78 is 25.6. The maximum absolute atomic E-state index is 13.2. The Bertz CT molecular complexity index is 1280. The zero-order chi connectivity index (χ0) is 23.9. The molecule has 12 heteroatoms. The normalized spacial score (nSPS) is 10.6. The second kappa shape index (κ2) is 10.9. The zero-order valence-corrected chi connectivity index (χ0v) is 19.4. The second-order valence-corrected chi connectivity index (χ2v) is 8.93. The summed E-state index contributed by atoms with van der Waals surface area (Å²) in [7, 11) is 1.42. The van der Waals surface area contributed by atoms with Crippen LogP contribution in [0.1, 0.15) is 16.1 Å². The minimum absolute atomic E-state index is 0.0284. The van der Waals surface area contributed by atoms with Gasteiger partial charge in [0.15, 0.2) is 15.8 Å². The average Bonchev–Trinajstić information content (AvgIpc) is 3.49. The van der Waals surface area contributed by atoms with E-state index < -0.39 is 5.91 Å². The first-order chi connectivity index (χ1) is 16.5. The molecule has 9 nitrogen and oxygen atoms in total. The van der Waals surface area contributed by atoms with Crippen LogP contribution in [0.4, 0.5) is 9.52 Å². The quantitative estimate of drug-likeness (QED) is 0.209. The maximum Gasteiger partial charge on any atom is 0.316 e. The number of nitrogens with one attached hydrogen (secondary N) is 1. The van der Waals surface area contributed by atoms with Gasteiger partial charge in [0, 0.05) is 0 Å². The van der Waals surface area contributed by atoms with E-state index in [1.54, 1.807) is 0 Å². The van der Waals surface area contributed by atoms with E-state index in [-0.39, 0.29) is 40.7 Å². The average molecular weight is 500 g/mol. The van der Waals surface area contributed by atoms with Crippen molar-refractivity contribution < 1.29 is 23.5 Å². The number of carbonyl (C=O) groups excluding carboxylic acids is 2. The Labute approximate surface area is 201 Å². The van der Waals surface area contributed by atoms with Crippen LogP contribution in [0.25, 0.3) is 5.69 Å². The maximum atomic E-state index is 13.2. The van der Waals surface area contributed by atoms with Crippen LogP contribution in [0.3, 0.4) is 0 Å². The molecule has 0 aliphatic heterocycles. The fourth-order valence-corrected chi connectivity index (χ4v) is 4.31. The third-order valence-corrected chi connectivity index (χ3v) is 6.34. The molecule has 174 valence electrons. The molecule has 4 rings (SSSR count). The third-order valence-electron chi connectivity index (χ3n) is 4.39. The number of esters is 1. The molecule has 0 bridgehead atoms. The van der Waals surface area contributed by atoms with Crippen LogP contribution >= 0.6 is 23.1 Å². The molecule has 2 aromatic heterocycles. The highest BCUT2D eigenvalue weighted by atomic mass is 32.2. The van der Waals surface area contributed by atoms with E-state index in [0.717, 1.165) is 28.7 Å². The number of carbonyl (C=O) groups is 2. The predicted octanol–water partition coefficient (Wildman–Crippen LogP) is 3.96. The SMILES string of the molecule is COc1cn(-c2ccc(F)cc2)nc1C(=O)Nc1nnc(SCC(=O)OCc2ccccc2)s1. The van der Waals surface area contributed by atoms with Crippen LogP contribution in [-0.4, -0.2) is 44.7 Å². The Morgan fingerprint density at radius 3 is 2.62 bits per heavy atom. The van der Waals surface area contributed by atoms with Crippen molar-refractivity contribution in [1.82, 2.24) is 20.0 Å². The number of anilines is 1. The Morgan fingerprint density at radius 1 is 1.12 bits per heavy atom. The van der Waals surface area contributed by atoms with E-state index in [0.29, 0.717) is 10.0 Å². The number of thioether (sulfide) groups is 1. The number of amides is 1. The summed E-state index contributed by atoms with van der Waals surface area (Å²) in [5.74, 6) is -1.01. The summed E-state index contributed by atoms with van der Waals surface area (Å²) in [6.45, 7) is 0.198. The molecule has 1 N–H and O–H groups in total. The van der Waals surface area contributed by atoms with Crippen molar-refractivity contribution in [3.8, 4) is 11.4 Å². The van der Waals surface area contributed by atoms with Gasteiger partial charge in [0.1, 0.15) is 12.4 Å². The van der Waals surface area contributed by atoms with Crippen LogP contribution in [0.2, 0.25) is 0 Å². The van der Waals surface area contributed by atoms with Crippen LogP contribution in [0.15, 0.2) is 65.1 Å². The lowest BCUT2D eigenvalue weighted by Gasteiger charge is -2.03. The summed E-state index contributed by atoms with van der Waals surface area (Å²) >= 11 is 2.28. The molecule has 0 spiro atoms. The van der Waals surface area contributed by atoms with Gasteiger partial charge in [-0.2, -0.15) is 5.10 Å². The van der Waals surface area contributed by atoms with Crippen molar-refractivity contribution in [3.63, 3.8) is 0 Å². The molecule has 4 aromatic rings. The molecule has 0 aliphatic carbocycles. The first kappa shape index (κ1) is 23.4. The molecule has 34 heavy (non-hydrogen) atoms. The molecule has 1 amide bonds. The lowest BCUT2D eigenvalue weighted by atomic mass is 10.2. The summed E-state index contributed by atoms with van der Waals surface area (Å²) in [5.41, 5.74) is 1.49. The highest BCUT2D eigenvalue weighted by Crippen LogP contribution is 2.27. The first-order valence-electron chi connectivity index (χ1n) is 9.88. The Hall–Kier alpha value is -3.77. The molecule has 2 aromatic carbocycles. The molecule has 0 unspecified atom stereocenters. The molecular formula is C22H18FN5O4S2. The zero-order valence-electron chi connectivity index (χ0n) is 17.8. The Balaban J connectivity index is 1.33. The molecule has 0 fully saturated rings. The van der Waals surface area contributed by atoms with Crippen molar-refractivity contribution >= 4 is 40.1 Å². The van der Waals surface area contributed by atoms with Crippen LogP contribution in [0.5, 0.6) is 5.75 Å². The lowest BCUT2D eigenvalue weighted by molar-refractivity contribution is -0.141. The summed E-state index contributed by atoms with van der Waals surface area (Å²) in [6, 6.07) is 15.0. The van der Waals surface area contributed by atoms with Crippen LogP contribution < -0.4 is 10.1 Å². The van der Waals surface area contributed by atoms with Crippen molar-refractivity contribution in [2.75, 3.05) is 18.2 Å². The van der Waals surface area contributed by atoms with Gasteiger partial charge in [-0.25, -0.2) is 9.07 Å². The number of ether oxygens (including phenoxy) is 2. The Morgan fingerprint density at radius 2 is 1.88 bits per heavy atom. The van der Waals surface area contributed by atoms with Gasteiger partial charge in [0.05, 0.1) is 24.7 Å². The minimum atomic E-state index is -0.548. The summed E-state index contributed by atoms with van der Waals surface area (Å²) in [5, 5.41) is 15.0. The van der Waals surface area contributed by atoms with Crippen molar-refractivity contribution in [2.24, 2.45) is 0 Å². The molecular weight excluding hydrogens is 481 g/mol. The number of nitrogens with zero attached hydrogens (tertiary/aromatic N) is 4. The lowest BCUT2D eigenvalue weighted by Crippen LogP contribution is -2.14. The predicted molar refractivity (Wildman–Crippen MR) is 125 cm³/mol. The standard InChI is InChI=1S/C22H18FN5O4S2/c1-31-17-11-28(16-9-7-15(23)8-10-16)27-19(17)20(30)24-21-25-26-22(34-21)33-13-18(29)32-12-14-5-3-2-4-6-14/h2-11H,12-13H2,1H3,(H,24,25,30). The Kier molecular flexibility index (Phi) is 7.50. The van der Waals surface area contributed by atoms with Gasteiger partial charge in [-0.1, -0.05) is 53.4 Å². The minimum Gasteiger partial charge on any atom is -0.493 e. The molecule has 2 heterocycles. The third kappa shape index (κ3) is 5.97. The fraction of sp³-hybridized carbons (Fsp3) is 0.136. The van der Waals surface area contributed by atoms with E-state index in [2.05, 4.69) is 20.6 Å². The number of methoxy groups -OCH3 is 1. The summed E-state index contributed by atoms with van der Waals surface area (Å²) in [4.78, 5) is 24.7. The van der Waals surface area contributed by atoms with Crippen LogP contribution in [-0.2, 0) is 16.1 Å². The van der Waals surface area contributed by atoms with E-state index in [1.807, 2.05) is 30.3 Å². The summed E-state index contributed by atoms with van der Waals surface area (Å²) in [6.07, 6.45) is 1.52. The number of hydrogen-bond acceptors (Lipinski definition) is 9. The number of aromatic nitrogens is 4. The van der Waals surface area contributed by atoms with Crippen LogP contribution in [0, 0.1) is 5.82 Å². The van der Waals surface area contributed by atoms with Gasteiger partial charge in [-0.3, -0.25) is 14.9 Å². The smallest absolute Gasteiger partial charge is 0.316 e. The first-order valence-corrected chi connectivity index (χ1v) is 11.7. The number of halogens is 1. The number of benzene rings is 2. The van der Waals surface area contributed by atoms with E-state index in [4.69, 9.17) is 9.47 Å². The van der Waals surface area contributed by atoms with Gasteiger partial charge in [0.2, 0.25) is 5.13 Å². The molecule has 0 atom stereocenters.